The smallest absolute Gasteiger partial charge is 0.240 e. The molecule has 2 heterocycles. The average molecular weight is 377 g/mol. The Morgan fingerprint density at radius 3 is 2.64 bits per heavy atom. The fourth-order valence-electron chi connectivity index (χ4n) is 3.78. The van der Waals surface area contributed by atoms with E-state index in [0.717, 1.165) is 27.6 Å². The zero-order valence-electron chi connectivity index (χ0n) is 15.9. The number of aromatic nitrogens is 1. The number of nitrogens with two attached hydrogens (primary N) is 1. The minimum Gasteiger partial charge on any atom is -0.338 e. The van der Waals surface area contributed by atoms with Crippen LogP contribution >= 0.6 is 0 Å². The van der Waals surface area contributed by atoms with Gasteiger partial charge in [0.05, 0.1) is 18.1 Å². The fourth-order valence-corrected chi connectivity index (χ4v) is 3.78. The molecular weight excluding hydrogens is 353 g/mol. The molecule has 2 N–H and O–H groups in total. The normalized spacial score (nSPS) is 19.0. The fraction of sp³-hybridized carbons (Fsp3) is 0.304. The third-order valence-corrected chi connectivity index (χ3v) is 5.64. The number of pyridine rings is 1. The van der Waals surface area contributed by atoms with Crippen molar-refractivity contribution >= 4 is 16.8 Å². The van der Waals surface area contributed by atoms with E-state index < -0.39 is 12.2 Å². The average Bonchev–Trinajstić information content (AvgIpc) is 3.18. The molecule has 1 fully saturated rings. The zero-order valence-corrected chi connectivity index (χ0v) is 15.9. The summed E-state index contributed by atoms with van der Waals surface area (Å²) in [5.74, 6) is -0.306. The van der Waals surface area contributed by atoms with Crippen LogP contribution in [-0.4, -0.2) is 41.1 Å². The first kappa shape index (κ1) is 18.6. The summed E-state index contributed by atoms with van der Waals surface area (Å²) in [5, 5.41) is 1.10. The first-order valence-electron chi connectivity index (χ1n) is 9.66. The van der Waals surface area contributed by atoms with E-state index in [2.05, 4.69) is 17.1 Å². The Morgan fingerprint density at radius 1 is 1.18 bits per heavy atom. The second-order valence-corrected chi connectivity index (χ2v) is 7.52. The van der Waals surface area contributed by atoms with Crippen LogP contribution in [0.15, 0.2) is 60.8 Å². The molecule has 3 atom stereocenters. The molecule has 144 valence electrons. The third-order valence-electron chi connectivity index (χ3n) is 5.64. The zero-order chi connectivity index (χ0) is 19.7. The van der Waals surface area contributed by atoms with Gasteiger partial charge < -0.3 is 10.6 Å². The number of carbonyl (C=O) groups is 1. The molecule has 1 aliphatic rings. The molecular formula is C23H24FN3O. The van der Waals surface area contributed by atoms with Gasteiger partial charge in [-0.1, -0.05) is 43.3 Å². The predicted molar refractivity (Wildman–Crippen MR) is 110 cm³/mol. The number of rotatable bonds is 4. The Hall–Kier alpha value is -2.79. The molecule has 1 saturated heterocycles. The number of halogens is 1. The van der Waals surface area contributed by atoms with Gasteiger partial charge in [0, 0.05) is 24.0 Å². The Balaban J connectivity index is 1.51. The second kappa shape index (κ2) is 7.68. The first-order chi connectivity index (χ1) is 13.5. The van der Waals surface area contributed by atoms with E-state index in [4.69, 9.17) is 5.73 Å². The van der Waals surface area contributed by atoms with Crippen molar-refractivity contribution in [3.8, 4) is 11.1 Å². The van der Waals surface area contributed by atoms with Crippen LogP contribution in [0.1, 0.15) is 24.8 Å². The molecule has 0 saturated carbocycles. The Bertz CT molecular complexity index is 989. The lowest BCUT2D eigenvalue weighted by Crippen LogP contribution is -2.45. The van der Waals surface area contributed by atoms with Crippen LogP contribution in [0, 0.1) is 0 Å². The van der Waals surface area contributed by atoms with Crippen molar-refractivity contribution < 1.29 is 9.18 Å². The van der Waals surface area contributed by atoms with Crippen LogP contribution in [0.25, 0.3) is 22.0 Å². The van der Waals surface area contributed by atoms with Crippen molar-refractivity contribution in [2.24, 2.45) is 5.73 Å². The van der Waals surface area contributed by atoms with Crippen molar-refractivity contribution in [1.29, 1.82) is 0 Å². The van der Waals surface area contributed by atoms with Crippen LogP contribution < -0.4 is 5.73 Å². The standard InChI is InChI=1S/C23H24FN3O/c1-15(22(25)23(28)27-12-10-20(24)14-27)16-4-6-17(7-5-16)18-8-9-21-19(13-18)3-2-11-26-21/h2-9,11,13,15,20,22H,10,12,14,25H2,1H3/t15-,20-,22-/m0/s1. The number of benzene rings is 2. The Labute approximate surface area is 164 Å². The molecule has 1 aliphatic heterocycles. The minimum atomic E-state index is -0.928. The predicted octanol–water partition coefficient (Wildman–Crippen LogP) is 3.90. The van der Waals surface area contributed by atoms with Gasteiger partial charge in [-0.3, -0.25) is 9.78 Å². The van der Waals surface area contributed by atoms with E-state index in [-0.39, 0.29) is 18.4 Å². The molecule has 0 radical (unpaired) electrons. The summed E-state index contributed by atoms with van der Waals surface area (Å²) in [5.41, 5.74) is 10.4. The highest BCUT2D eigenvalue weighted by molar-refractivity contribution is 5.85. The SMILES string of the molecule is C[C@@H](c1ccc(-c2ccc3ncccc3c2)cc1)[C@H](N)C(=O)N1CC[C@H](F)C1. The van der Waals surface area contributed by atoms with E-state index in [1.165, 1.54) is 0 Å². The topological polar surface area (TPSA) is 59.2 Å². The summed E-state index contributed by atoms with van der Waals surface area (Å²) in [4.78, 5) is 18.4. The second-order valence-electron chi connectivity index (χ2n) is 7.52. The van der Waals surface area contributed by atoms with Crippen LogP contribution in [-0.2, 0) is 4.79 Å². The van der Waals surface area contributed by atoms with Gasteiger partial charge >= 0.3 is 0 Å². The molecule has 0 unspecified atom stereocenters. The lowest BCUT2D eigenvalue weighted by molar-refractivity contribution is -0.132. The Morgan fingerprint density at radius 2 is 1.93 bits per heavy atom. The van der Waals surface area contributed by atoms with Crippen molar-refractivity contribution in [3.05, 3.63) is 66.4 Å². The van der Waals surface area contributed by atoms with Crippen molar-refractivity contribution in [2.75, 3.05) is 13.1 Å². The molecule has 2 aromatic carbocycles. The van der Waals surface area contributed by atoms with Gasteiger partial charge in [-0.05, 0) is 41.3 Å². The maximum atomic E-state index is 13.4. The summed E-state index contributed by atoms with van der Waals surface area (Å²) >= 11 is 0. The molecule has 0 aliphatic carbocycles. The van der Waals surface area contributed by atoms with Crippen LogP contribution in [0.4, 0.5) is 4.39 Å². The molecule has 28 heavy (non-hydrogen) atoms. The number of amides is 1. The van der Waals surface area contributed by atoms with E-state index in [9.17, 15) is 9.18 Å². The van der Waals surface area contributed by atoms with Crippen molar-refractivity contribution in [2.45, 2.75) is 31.5 Å². The largest absolute Gasteiger partial charge is 0.338 e. The molecule has 1 amide bonds. The molecule has 4 rings (SSSR count). The number of carbonyl (C=O) groups excluding carboxylic acids is 1. The summed E-state index contributed by atoms with van der Waals surface area (Å²) in [6.07, 6.45) is 1.27. The monoisotopic (exact) mass is 377 g/mol. The summed E-state index contributed by atoms with van der Waals surface area (Å²) < 4.78 is 13.4. The van der Waals surface area contributed by atoms with Gasteiger partial charge in [-0.25, -0.2) is 4.39 Å². The number of nitrogens with zero attached hydrogens (tertiary/aromatic N) is 2. The van der Waals surface area contributed by atoms with Gasteiger partial charge in [0.2, 0.25) is 5.91 Å². The number of alkyl halides is 1. The lowest BCUT2D eigenvalue weighted by atomic mass is 9.91. The van der Waals surface area contributed by atoms with Crippen LogP contribution in [0.3, 0.4) is 0 Å². The molecule has 5 heteroatoms. The highest BCUT2D eigenvalue weighted by Crippen LogP contribution is 2.27. The van der Waals surface area contributed by atoms with E-state index in [0.29, 0.717) is 13.0 Å². The summed E-state index contributed by atoms with van der Waals surface area (Å²) in [6, 6.07) is 17.6. The van der Waals surface area contributed by atoms with Gasteiger partial charge in [0.1, 0.15) is 6.17 Å². The van der Waals surface area contributed by atoms with Gasteiger partial charge in [0.25, 0.3) is 0 Å². The molecule has 0 spiro atoms. The van der Waals surface area contributed by atoms with E-state index in [1.54, 1.807) is 11.1 Å². The highest BCUT2D eigenvalue weighted by Gasteiger charge is 2.32. The minimum absolute atomic E-state index is 0.138. The molecule has 4 nitrogen and oxygen atoms in total. The molecule has 0 bridgehead atoms. The highest BCUT2D eigenvalue weighted by atomic mass is 19.1. The van der Waals surface area contributed by atoms with Crippen molar-refractivity contribution in [3.63, 3.8) is 0 Å². The number of hydrogen-bond acceptors (Lipinski definition) is 3. The van der Waals surface area contributed by atoms with Gasteiger partial charge in [-0.15, -0.1) is 0 Å². The number of likely N-dealkylation sites (tertiary alicyclic amines) is 1. The molecule has 1 aromatic heterocycles. The third kappa shape index (κ3) is 3.62. The van der Waals surface area contributed by atoms with Crippen LogP contribution in [0.5, 0.6) is 0 Å². The van der Waals surface area contributed by atoms with Gasteiger partial charge in [-0.2, -0.15) is 0 Å². The maximum Gasteiger partial charge on any atom is 0.240 e. The molecule has 3 aromatic rings. The summed E-state index contributed by atoms with van der Waals surface area (Å²) in [6.45, 7) is 2.56. The lowest BCUT2D eigenvalue weighted by Gasteiger charge is -2.25. The van der Waals surface area contributed by atoms with E-state index >= 15 is 0 Å². The quantitative estimate of drug-likeness (QED) is 0.750. The summed E-state index contributed by atoms with van der Waals surface area (Å²) in [7, 11) is 0. The van der Waals surface area contributed by atoms with Crippen molar-refractivity contribution in [1.82, 2.24) is 9.88 Å². The van der Waals surface area contributed by atoms with Crippen LogP contribution in [0.2, 0.25) is 0 Å². The van der Waals surface area contributed by atoms with E-state index in [1.807, 2.05) is 49.4 Å². The Kier molecular flexibility index (Phi) is 5.09. The van der Waals surface area contributed by atoms with Gasteiger partial charge in [0.15, 0.2) is 0 Å². The number of fused-ring (bicyclic) bond motifs is 1. The first-order valence-corrected chi connectivity index (χ1v) is 9.66. The maximum absolute atomic E-state index is 13.4. The number of hydrogen-bond donors (Lipinski definition) is 1.